The topological polar surface area (TPSA) is 87.6 Å². The van der Waals surface area contributed by atoms with Crippen LogP contribution in [0.25, 0.3) is 0 Å². The molecule has 0 saturated heterocycles. The standard InChI is InChI=1S/C12H7ClF3N5/c13-11-19-5-9(18)10(21-11)20-7-2-1-6(4-17)8(3-7)12(14,15)16/h1-3,5H,18H2,(H,19,20,21). The van der Waals surface area contributed by atoms with E-state index in [-0.39, 0.29) is 22.5 Å². The first-order chi connectivity index (χ1) is 9.81. The molecule has 0 spiro atoms. The Bertz CT molecular complexity index is 724. The zero-order valence-electron chi connectivity index (χ0n) is 10.2. The number of anilines is 3. The molecule has 0 bridgehead atoms. The molecule has 2 rings (SSSR count). The van der Waals surface area contributed by atoms with Crippen LogP contribution in [0.15, 0.2) is 24.4 Å². The Kier molecular flexibility index (Phi) is 3.86. The summed E-state index contributed by atoms with van der Waals surface area (Å²) in [6.07, 6.45) is -3.41. The van der Waals surface area contributed by atoms with Crippen LogP contribution in [0.4, 0.5) is 30.4 Å². The molecule has 0 amide bonds. The molecule has 0 aliphatic carbocycles. The lowest BCUT2D eigenvalue weighted by Crippen LogP contribution is -2.09. The van der Waals surface area contributed by atoms with Crippen molar-refractivity contribution < 1.29 is 13.2 Å². The Morgan fingerprint density at radius 1 is 1.33 bits per heavy atom. The van der Waals surface area contributed by atoms with Gasteiger partial charge in [-0.05, 0) is 29.8 Å². The lowest BCUT2D eigenvalue weighted by atomic mass is 10.1. The number of hydrogen-bond acceptors (Lipinski definition) is 5. The Balaban J connectivity index is 2.42. The molecule has 21 heavy (non-hydrogen) atoms. The number of nitrogen functional groups attached to an aromatic ring is 1. The number of halogens is 4. The van der Waals surface area contributed by atoms with Crippen molar-refractivity contribution in [1.82, 2.24) is 9.97 Å². The summed E-state index contributed by atoms with van der Waals surface area (Å²) in [6, 6.07) is 4.66. The summed E-state index contributed by atoms with van der Waals surface area (Å²) in [4.78, 5) is 7.41. The third kappa shape index (κ3) is 3.32. The summed E-state index contributed by atoms with van der Waals surface area (Å²) < 4.78 is 38.5. The molecule has 0 aliphatic rings. The molecule has 3 N–H and O–H groups in total. The fraction of sp³-hybridized carbons (Fsp3) is 0.0833. The Morgan fingerprint density at radius 2 is 2.05 bits per heavy atom. The third-order valence-corrected chi connectivity index (χ3v) is 2.68. The fourth-order valence-electron chi connectivity index (χ4n) is 1.56. The average molecular weight is 314 g/mol. The van der Waals surface area contributed by atoms with Crippen LogP contribution in [-0.2, 0) is 6.18 Å². The smallest absolute Gasteiger partial charge is 0.394 e. The molecular formula is C12H7ClF3N5. The maximum absolute atomic E-state index is 12.8. The van der Waals surface area contributed by atoms with Gasteiger partial charge in [0, 0.05) is 5.69 Å². The SMILES string of the molecule is N#Cc1ccc(Nc2nc(Cl)ncc2N)cc1C(F)(F)F. The lowest BCUT2D eigenvalue weighted by Gasteiger charge is -2.12. The van der Waals surface area contributed by atoms with Gasteiger partial charge in [0.25, 0.3) is 0 Å². The highest BCUT2D eigenvalue weighted by Crippen LogP contribution is 2.34. The molecule has 2 aromatic rings. The number of alkyl halides is 3. The highest BCUT2D eigenvalue weighted by atomic mass is 35.5. The van der Waals surface area contributed by atoms with Gasteiger partial charge >= 0.3 is 6.18 Å². The molecule has 0 aliphatic heterocycles. The summed E-state index contributed by atoms with van der Waals surface area (Å²) in [5, 5.41) is 11.2. The molecule has 5 nitrogen and oxygen atoms in total. The molecule has 9 heteroatoms. The number of nitrogens with one attached hydrogen (secondary N) is 1. The molecule has 0 atom stereocenters. The maximum atomic E-state index is 12.8. The van der Waals surface area contributed by atoms with E-state index in [0.29, 0.717) is 0 Å². The van der Waals surface area contributed by atoms with Gasteiger partial charge in [0.15, 0.2) is 5.82 Å². The van der Waals surface area contributed by atoms with Crippen molar-refractivity contribution in [2.45, 2.75) is 6.18 Å². The second-order valence-corrected chi connectivity index (χ2v) is 4.28. The van der Waals surface area contributed by atoms with Gasteiger partial charge in [-0.2, -0.15) is 23.4 Å². The van der Waals surface area contributed by atoms with E-state index in [4.69, 9.17) is 22.6 Å². The van der Waals surface area contributed by atoms with Crippen LogP contribution >= 0.6 is 11.6 Å². The zero-order chi connectivity index (χ0) is 15.6. The van der Waals surface area contributed by atoms with Gasteiger partial charge in [0.2, 0.25) is 5.28 Å². The van der Waals surface area contributed by atoms with Gasteiger partial charge in [-0.15, -0.1) is 0 Å². The van der Waals surface area contributed by atoms with Crippen LogP contribution in [0, 0.1) is 11.3 Å². The van der Waals surface area contributed by atoms with Crippen molar-refractivity contribution in [3.8, 4) is 6.07 Å². The highest BCUT2D eigenvalue weighted by Gasteiger charge is 2.33. The monoisotopic (exact) mass is 313 g/mol. The summed E-state index contributed by atoms with van der Waals surface area (Å²) in [5.74, 6) is 0.0767. The maximum Gasteiger partial charge on any atom is 0.417 e. The first kappa shape index (κ1) is 14.9. The minimum atomic E-state index is -4.64. The van der Waals surface area contributed by atoms with E-state index in [1.165, 1.54) is 18.3 Å². The minimum absolute atomic E-state index is 0.0720. The van der Waals surface area contributed by atoms with Crippen LogP contribution in [0.1, 0.15) is 11.1 Å². The Labute approximate surface area is 122 Å². The number of rotatable bonds is 2. The predicted octanol–water partition coefficient (Wildman–Crippen LogP) is 3.35. The normalized spacial score (nSPS) is 11.0. The van der Waals surface area contributed by atoms with E-state index in [1.54, 1.807) is 0 Å². The summed E-state index contributed by atoms with van der Waals surface area (Å²) in [7, 11) is 0. The van der Waals surface area contributed by atoms with E-state index >= 15 is 0 Å². The van der Waals surface area contributed by atoms with Crippen LogP contribution in [0.2, 0.25) is 5.28 Å². The van der Waals surface area contributed by atoms with Crippen molar-refractivity contribution in [2.75, 3.05) is 11.1 Å². The number of nitrogens with zero attached hydrogens (tertiary/aromatic N) is 3. The predicted molar refractivity (Wildman–Crippen MR) is 70.9 cm³/mol. The first-order valence-corrected chi connectivity index (χ1v) is 5.85. The quantitative estimate of drug-likeness (QED) is 0.830. The highest BCUT2D eigenvalue weighted by molar-refractivity contribution is 6.28. The van der Waals surface area contributed by atoms with Gasteiger partial charge in [0.05, 0.1) is 29.1 Å². The van der Waals surface area contributed by atoms with Gasteiger partial charge in [-0.25, -0.2) is 4.98 Å². The van der Waals surface area contributed by atoms with Gasteiger partial charge in [-0.3, -0.25) is 0 Å². The van der Waals surface area contributed by atoms with Crippen molar-refractivity contribution in [3.05, 3.63) is 40.8 Å². The van der Waals surface area contributed by atoms with Gasteiger partial charge < -0.3 is 11.1 Å². The fourth-order valence-corrected chi connectivity index (χ4v) is 1.69. The number of nitriles is 1. The van der Waals surface area contributed by atoms with Gasteiger partial charge in [0.1, 0.15) is 0 Å². The van der Waals surface area contributed by atoms with Crippen molar-refractivity contribution in [1.29, 1.82) is 5.26 Å². The molecule has 1 heterocycles. The molecular weight excluding hydrogens is 307 g/mol. The van der Waals surface area contributed by atoms with E-state index < -0.39 is 17.3 Å². The van der Waals surface area contributed by atoms with Crippen LogP contribution in [0.3, 0.4) is 0 Å². The first-order valence-electron chi connectivity index (χ1n) is 5.47. The molecule has 0 fully saturated rings. The average Bonchev–Trinajstić information content (AvgIpc) is 2.42. The molecule has 0 unspecified atom stereocenters. The summed E-state index contributed by atoms with van der Waals surface area (Å²) in [6.45, 7) is 0. The van der Waals surface area contributed by atoms with E-state index in [2.05, 4.69) is 15.3 Å². The third-order valence-electron chi connectivity index (χ3n) is 2.50. The van der Waals surface area contributed by atoms with Crippen molar-refractivity contribution in [2.24, 2.45) is 0 Å². The van der Waals surface area contributed by atoms with Crippen LogP contribution < -0.4 is 11.1 Å². The Morgan fingerprint density at radius 3 is 2.67 bits per heavy atom. The van der Waals surface area contributed by atoms with Crippen molar-refractivity contribution in [3.63, 3.8) is 0 Å². The second-order valence-electron chi connectivity index (χ2n) is 3.94. The molecule has 1 aromatic heterocycles. The van der Waals surface area contributed by atoms with E-state index in [1.807, 2.05) is 0 Å². The zero-order valence-corrected chi connectivity index (χ0v) is 11.0. The Hall–Kier alpha value is -2.53. The molecule has 0 saturated carbocycles. The molecule has 108 valence electrons. The number of aromatic nitrogens is 2. The minimum Gasteiger partial charge on any atom is -0.394 e. The molecule has 1 aromatic carbocycles. The number of benzene rings is 1. The van der Waals surface area contributed by atoms with E-state index in [0.717, 1.165) is 12.1 Å². The molecule has 0 radical (unpaired) electrons. The van der Waals surface area contributed by atoms with Crippen LogP contribution in [-0.4, -0.2) is 9.97 Å². The largest absolute Gasteiger partial charge is 0.417 e. The number of nitrogens with two attached hydrogens (primary N) is 1. The van der Waals surface area contributed by atoms with Gasteiger partial charge in [-0.1, -0.05) is 0 Å². The van der Waals surface area contributed by atoms with Crippen molar-refractivity contribution >= 4 is 28.8 Å². The lowest BCUT2D eigenvalue weighted by molar-refractivity contribution is -0.137. The van der Waals surface area contributed by atoms with Crippen LogP contribution in [0.5, 0.6) is 0 Å². The number of hydrogen-bond donors (Lipinski definition) is 2. The summed E-state index contributed by atoms with van der Waals surface area (Å²) >= 11 is 5.59. The second kappa shape index (κ2) is 5.46. The van der Waals surface area contributed by atoms with E-state index in [9.17, 15) is 13.2 Å². The summed E-state index contributed by atoms with van der Waals surface area (Å²) in [5.41, 5.74) is 4.27.